The van der Waals surface area contributed by atoms with Crippen LogP contribution in [0.3, 0.4) is 0 Å². The van der Waals surface area contributed by atoms with E-state index < -0.39 is 11.7 Å². The summed E-state index contributed by atoms with van der Waals surface area (Å²) in [5.41, 5.74) is 0.886. The second kappa shape index (κ2) is 7.33. The lowest BCUT2D eigenvalue weighted by molar-refractivity contribution is -0.137. The van der Waals surface area contributed by atoms with Crippen LogP contribution in [0.25, 0.3) is 0 Å². The SMILES string of the molecule is CC(CC(=O)NCC1(c2ccc(F)cc2)CC1)c1ccc(C(F)(F)F)cc1. The van der Waals surface area contributed by atoms with E-state index in [4.69, 9.17) is 0 Å². The van der Waals surface area contributed by atoms with Gasteiger partial charge in [-0.25, -0.2) is 4.39 Å². The van der Waals surface area contributed by atoms with Crippen LogP contribution in [0.15, 0.2) is 48.5 Å². The highest BCUT2D eigenvalue weighted by molar-refractivity contribution is 5.77. The van der Waals surface area contributed by atoms with Crippen LogP contribution in [0.4, 0.5) is 17.6 Å². The highest BCUT2D eigenvalue weighted by Crippen LogP contribution is 2.47. The zero-order valence-corrected chi connectivity index (χ0v) is 14.9. The number of nitrogens with one attached hydrogen (secondary N) is 1. The molecule has 1 aliphatic carbocycles. The van der Waals surface area contributed by atoms with Gasteiger partial charge in [0.15, 0.2) is 0 Å². The number of hydrogen-bond acceptors (Lipinski definition) is 1. The number of halogens is 4. The van der Waals surface area contributed by atoms with Gasteiger partial charge in [0.2, 0.25) is 5.91 Å². The molecule has 1 fully saturated rings. The second-order valence-corrected chi connectivity index (χ2v) is 7.29. The van der Waals surface area contributed by atoms with Gasteiger partial charge in [0, 0.05) is 18.4 Å². The van der Waals surface area contributed by atoms with E-state index in [9.17, 15) is 22.4 Å². The Morgan fingerprint density at radius 2 is 1.67 bits per heavy atom. The zero-order chi connectivity index (χ0) is 19.7. The molecule has 1 atom stereocenters. The number of carbonyl (C=O) groups excluding carboxylic acids is 1. The summed E-state index contributed by atoms with van der Waals surface area (Å²) >= 11 is 0. The molecule has 2 aromatic carbocycles. The number of rotatable bonds is 6. The first-order chi connectivity index (χ1) is 12.7. The minimum atomic E-state index is -4.36. The van der Waals surface area contributed by atoms with Crippen molar-refractivity contribution in [2.24, 2.45) is 0 Å². The maximum Gasteiger partial charge on any atom is 0.416 e. The van der Waals surface area contributed by atoms with Crippen molar-refractivity contribution in [2.45, 2.75) is 43.7 Å². The Balaban J connectivity index is 1.54. The van der Waals surface area contributed by atoms with E-state index in [2.05, 4.69) is 5.32 Å². The van der Waals surface area contributed by atoms with Crippen LogP contribution in [0, 0.1) is 5.82 Å². The van der Waals surface area contributed by atoms with Gasteiger partial charge in [-0.05, 0) is 54.2 Å². The Labute approximate surface area is 155 Å². The molecule has 1 aliphatic rings. The highest BCUT2D eigenvalue weighted by Gasteiger charge is 2.44. The monoisotopic (exact) mass is 379 g/mol. The molecule has 1 unspecified atom stereocenters. The number of hydrogen-bond donors (Lipinski definition) is 1. The Hall–Kier alpha value is -2.37. The van der Waals surface area contributed by atoms with E-state index in [0.29, 0.717) is 12.1 Å². The number of amides is 1. The van der Waals surface area contributed by atoms with Gasteiger partial charge in [-0.1, -0.05) is 31.2 Å². The topological polar surface area (TPSA) is 29.1 Å². The van der Waals surface area contributed by atoms with E-state index in [1.54, 1.807) is 12.1 Å². The molecule has 27 heavy (non-hydrogen) atoms. The standard InChI is InChI=1S/C21H21F4NO/c1-14(15-2-4-17(5-3-15)21(23,24)25)12-19(27)26-13-20(10-11-20)16-6-8-18(22)9-7-16/h2-9,14H,10-13H2,1H3,(H,26,27). The Morgan fingerprint density at radius 3 is 2.19 bits per heavy atom. The molecule has 0 saturated heterocycles. The molecule has 6 heteroatoms. The van der Waals surface area contributed by atoms with Crippen molar-refractivity contribution in [3.63, 3.8) is 0 Å². The molecular formula is C21H21F4NO. The van der Waals surface area contributed by atoms with Crippen molar-refractivity contribution >= 4 is 5.91 Å². The largest absolute Gasteiger partial charge is 0.416 e. The fourth-order valence-electron chi connectivity index (χ4n) is 3.26. The van der Waals surface area contributed by atoms with Gasteiger partial charge >= 0.3 is 6.18 Å². The third-order valence-electron chi connectivity index (χ3n) is 5.23. The molecule has 0 heterocycles. The lowest BCUT2D eigenvalue weighted by atomic mass is 9.94. The average molecular weight is 379 g/mol. The van der Waals surface area contributed by atoms with E-state index in [-0.39, 0.29) is 29.5 Å². The van der Waals surface area contributed by atoms with E-state index >= 15 is 0 Å². The number of carbonyl (C=O) groups is 1. The van der Waals surface area contributed by atoms with Crippen molar-refractivity contribution in [2.75, 3.05) is 6.54 Å². The Bertz CT molecular complexity index is 792. The van der Waals surface area contributed by atoms with Crippen LogP contribution in [-0.4, -0.2) is 12.5 Å². The van der Waals surface area contributed by atoms with E-state index in [1.165, 1.54) is 24.3 Å². The van der Waals surface area contributed by atoms with Gasteiger partial charge in [-0.3, -0.25) is 4.79 Å². The summed E-state index contributed by atoms with van der Waals surface area (Å²) in [6.07, 6.45) is -2.29. The molecule has 0 radical (unpaired) electrons. The summed E-state index contributed by atoms with van der Waals surface area (Å²) in [6.45, 7) is 2.30. The quantitative estimate of drug-likeness (QED) is 0.688. The molecular weight excluding hydrogens is 358 g/mol. The van der Waals surface area contributed by atoms with E-state index in [1.807, 2.05) is 6.92 Å². The molecule has 2 aromatic rings. The summed E-state index contributed by atoms with van der Waals surface area (Å²) in [5, 5.41) is 2.92. The summed E-state index contributed by atoms with van der Waals surface area (Å²) in [7, 11) is 0. The smallest absolute Gasteiger partial charge is 0.355 e. The molecule has 3 rings (SSSR count). The summed E-state index contributed by atoms with van der Waals surface area (Å²) in [6, 6.07) is 11.3. The molecule has 2 nitrogen and oxygen atoms in total. The lowest BCUT2D eigenvalue weighted by Gasteiger charge is -2.18. The fraction of sp³-hybridized carbons (Fsp3) is 0.381. The van der Waals surface area contributed by atoms with Crippen molar-refractivity contribution in [1.29, 1.82) is 0 Å². The maximum absolute atomic E-state index is 13.1. The van der Waals surface area contributed by atoms with Crippen molar-refractivity contribution in [1.82, 2.24) is 5.32 Å². The first kappa shape index (κ1) is 19.4. The highest BCUT2D eigenvalue weighted by atomic mass is 19.4. The summed E-state index contributed by atoms with van der Waals surface area (Å²) < 4.78 is 51.0. The number of alkyl halides is 3. The van der Waals surface area contributed by atoms with Crippen LogP contribution < -0.4 is 5.32 Å². The molecule has 0 aliphatic heterocycles. The Kier molecular flexibility index (Phi) is 5.27. The molecule has 0 bridgehead atoms. The lowest BCUT2D eigenvalue weighted by Crippen LogP contribution is -2.32. The van der Waals surface area contributed by atoms with Crippen molar-refractivity contribution < 1.29 is 22.4 Å². The zero-order valence-electron chi connectivity index (χ0n) is 14.9. The first-order valence-corrected chi connectivity index (χ1v) is 8.89. The van der Waals surface area contributed by atoms with Gasteiger partial charge in [0.1, 0.15) is 5.82 Å². The van der Waals surface area contributed by atoms with Crippen molar-refractivity contribution in [3.05, 3.63) is 71.0 Å². The van der Waals surface area contributed by atoms with Gasteiger partial charge in [0.25, 0.3) is 0 Å². The van der Waals surface area contributed by atoms with Crippen LogP contribution in [0.1, 0.15) is 48.8 Å². The normalized spacial score (nSPS) is 16.6. The van der Waals surface area contributed by atoms with Crippen LogP contribution in [-0.2, 0) is 16.4 Å². The molecule has 0 aromatic heterocycles. The predicted molar refractivity (Wildman–Crippen MR) is 94.8 cm³/mol. The maximum atomic E-state index is 13.1. The molecule has 0 spiro atoms. The summed E-state index contributed by atoms with van der Waals surface area (Å²) in [4.78, 5) is 12.3. The Morgan fingerprint density at radius 1 is 1.07 bits per heavy atom. The molecule has 1 saturated carbocycles. The average Bonchev–Trinajstić information content (AvgIpc) is 3.41. The third-order valence-corrected chi connectivity index (χ3v) is 5.23. The third kappa shape index (κ3) is 4.67. The molecule has 144 valence electrons. The minimum Gasteiger partial charge on any atom is -0.355 e. The minimum absolute atomic E-state index is 0.124. The van der Waals surface area contributed by atoms with Crippen LogP contribution in [0.2, 0.25) is 0 Å². The van der Waals surface area contributed by atoms with Gasteiger partial charge in [0.05, 0.1) is 5.56 Å². The molecule has 1 amide bonds. The first-order valence-electron chi connectivity index (χ1n) is 8.89. The summed E-state index contributed by atoms with van der Waals surface area (Å²) in [5.74, 6) is -0.618. The number of benzene rings is 2. The van der Waals surface area contributed by atoms with Gasteiger partial charge in [-0.2, -0.15) is 13.2 Å². The molecule has 1 N–H and O–H groups in total. The van der Waals surface area contributed by atoms with Crippen LogP contribution >= 0.6 is 0 Å². The van der Waals surface area contributed by atoms with Gasteiger partial charge < -0.3 is 5.32 Å². The van der Waals surface area contributed by atoms with E-state index in [0.717, 1.165) is 30.5 Å². The van der Waals surface area contributed by atoms with Crippen LogP contribution in [0.5, 0.6) is 0 Å². The van der Waals surface area contributed by atoms with Gasteiger partial charge in [-0.15, -0.1) is 0 Å². The second-order valence-electron chi connectivity index (χ2n) is 7.29. The fourth-order valence-corrected chi connectivity index (χ4v) is 3.26. The van der Waals surface area contributed by atoms with Crippen molar-refractivity contribution in [3.8, 4) is 0 Å². The predicted octanol–water partition coefficient (Wildman–Crippen LogP) is 5.19.